The molecule has 0 aliphatic carbocycles. The third-order valence-corrected chi connectivity index (χ3v) is 2.24. The number of nitrogens with zero attached hydrogens (tertiary/aromatic N) is 2. The van der Waals surface area contributed by atoms with Crippen LogP contribution in [-0.2, 0) is 0 Å². The van der Waals surface area contributed by atoms with Gasteiger partial charge in [-0.1, -0.05) is 26.2 Å². The smallest absolute Gasteiger partial charge is 0.0890 e. The second-order valence-electron chi connectivity index (χ2n) is 3.57. The average Bonchev–Trinajstić information content (AvgIpc) is 2.45. The molecule has 71 valence electrons. The monoisotopic (exact) mass is 207 g/mol. The molecule has 0 amide bonds. The molecule has 0 aromatic heterocycles. The largest absolute Gasteiger partial charge is 0.362 e. The van der Waals surface area contributed by atoms with E-state index in [1.807, 2.05) is 0 Å². The minimum Gasteiger partial charge on any atom is -0.362 e. The van der Waals surface area contributed by atoms with E-state index in [2.05, 4.69) is 36.2 Å². The van der Waals surface area contributed by atoms with Crippen LogP contribution >= 0.6 is 0 Å². The Labute approximate surface area is 125 Å². The summed E-state index contributed by atoms with van der Waals surface area (Å²) in [7, 11) is 2.11. The topological polar surface area (TPSA) is 6.48 Å². The molecule has 0 saturated carbocycles. The molecule has 0 aromatic carbocycles. The van der Waals surface area contributed by atoms with E-state index in [1.165, 1.54) is 32.2 Å². The molecule has 1 rings (SSSR count). The van der Waals surface area contributed by atoms with Gasteiger partial charge in [-0.2, -0.15) is 0 Å². The summed E-state index contributed by atoms with van der Waals surface area (Å²) in [4.78, 5) is 4.58. The van der Waals surface area contributed by atoms with Crippen LogP contribution < -0.4 is 0 Å². The Morgan fingerprint density at radius 1 is 1.15 bits per heavy atom. The first-order chi connectivity index (χ1) is 5.83. The zero-order valence-electron chi connectivity index (χ0n) is 9.29. The first-order valence-electron chi connectivity index (χ1n) is 4.95. The summed E-state index contributed by atoms with van der Waals surface area (Å²) in [5, 5.41) is 0. The molecule has 0 saturated heterocycles. The van der Waals surface area contributed by atoms with Gasteiger partial charge in [-0.05, 0) is 6.42 Å². The summed E-state index contributed by atoms with van der Waals surface area (Å²) < 4.78 is 0. The minimum atomic E-state index is 0. The molecular weight excluding hydrogens is 187 g/mol. The van der Waals surface area contributed by atoms with Gasteiger partial charge < -0.3 is 9.80 Å². The predicted molar refractivity (Wildman–Crippen MR) is 58.4 cm³/mol. The summed E-state index contributed by atoms with van der Waals surface area (Å²) in [6.45, 7) is 4.55. The van der Waals surface area contributed by atoms with Crippen molar-refractivity contribution in [1.82, 2.24) is 9.80 Å². The third kappa shape index (κ3) is 6.13. The number of hydrogen-bond donors (Lipinski definition) is 0. The zero-order chi connectivity index (χ0) is 8.81. The van der Waals surface area contributed by atoms with Crippen molar-refractivity contribution in [2.45, 2.75) is 32.6 Å². The Morgan fingerprint density at radius 3 is 2.46 bits per heavy atom. The summed E-state index contributed by atoms with van der Waals surface area (Å²) in [5.41, 5.74) is 0. The van der Waals surface area contributed by atoms with E-state index in [0.717, 1.165) is 6.67 Å². The molecule has 2 nitrogen and oxygen atoms in total. The van der Waals surface area contributed by atoms with E-state index >= 15 is 0 Å². The van der Waals surface area contributed by atoms with Gasteiger partial charge in [0.2, 0.25) is 0 Å². The molecule has 13 heavy (non-hydrogen) atoms. The molecule has 0 spiro atoms. The standard InChI is InChI=1S/C10H20N2.K/c1-3-4-5-6-7-12-9-8-11(2)10-12;/h8-9H,3-7,10H2,1-2H3;. The first kappa shape index (κ1) is 14.0. The van der Waals surface area contributed by atoms with Crippen LogP contribution in [0.5, 0.6) is 0 Å². The van der Waals surface area contributed by atoms with Gasteiger partial charge in [-0.3, -0.25) is 0 Å². The number of rotatable bonds is 5. The molecule has 0 aromatic rings. The van der Waals surface area contributed by atoms with Gasteiger partial charge in [0, 0.05) is 77.4 Å². The third-order valence-electron chi connectivity index (χ3n) is 2.24. The summed E-state index contributed by atoms with van der Waals surface area (Å²) >= 11 is 0. The molecule has 0 unspecified atom stereocenters. The van der Waals surface area contributed by atoms with Crippen LogP contribution in [-0.4, -0.2) is 81.4 Å². The van der Waals surface area contributed by atoms with E-state index in [4.69, 9.17) is 0 Å². The van der Waals surface area contributed by atoms with Gasteiger partial charge in [0.1, 0.15) is 0 Å². The van der Waals surface area contributed by atoms with Crippen molar-refractivity contribution in [3.05, 3.63) is 12.4 Å². The molecule has 1 aliphatic heterocycles. The van der Waals surface area contributed by atoms with Gasteiger partial charge in [0.05, 0.1) is 6.67 Å². The second kappa shape index (κ2) is 8.30. The van der Waals surface area contributed by atoms with E-state index in [0.29, 0.717) is 0 Å². The van der Waals surface area contributed by atoms with Gasteiger partial charge in [-0.15, -0.1) is 0 Å². The van der Waals surface area contributed by atoms with Crippen LogP contribution in [0.4, 0.5) is 0 Å². The molecule has 3 heteroatoms. The van der Waals surface area contributed by atoms with Crippen LogP contribution in [0, 0.1) is 0 Å². The number of hydrogen-bond acceptors (Lipinski definition) is 2. The van der Waals surface area contributed by atoms with Crippen molar-refractivity contribution in [3.63, 3.8) is 0 Å². The average molecular weight is 207 g/mol. The molecule has 1 aliphatic rings. The van der Waals surface area contributed by atoms with Gasteiger partial charge in [0.25, 0.3) is 0 Å². The van der Waals surface area contributed by atoms with Crippen LogP contribution in [0.2, 0.25) is 0 Å². The molecular formula is C10H20KN2. The fourth-order valence-electron chi connectivity index (χ4n) is 1.48. The Kier molecular flexibility index (Phi) is 8.92. The van der Waals surface area contributed by atoms with Crippen molar-refractivity contribution in [2.24, 2.45) is 0 Å². The maximum absolute atomic E-state index is 2.37. The van der Waals surface area contributed by atoms with Crippen LogP contribution in [0.1, 0.15) is 32.6 Å². The first-order valence-corrected chi connectivity index (χ1v) is 4.95. The van der Waals surface area contributed by atoms with Crippen LogP contribution in [0.25, 0.3) is 0 Å². The minimum absolute atomic E-state index is 0. The van der Waals surface area contributed by atoms with Crippen molar-refractivity contribution in [3.8, 4) is 0 Å². The van der Waals surface area contributed by atoms with Crippen molar-refractivity contribution in [2.75, 3.05) is 20.3 Å². The fourth-order valence-corrected chi connectivity index (χ4v) is 1.48. The Bertz CT molecular complexity index is 148. The van der Waals surface area contributed by atoms with E-state index in [9.17, 15) is 0 Å². The summed E-state index contributed by atoms with van der Waals surface area (Å²) in [5.74, 6) is 0. The van der Waals surface area contributed by atoms with E-state index in [1.54, 1.807) is 0 Å². The fraction of sp³-hybridized carbons (Fsp3) is 0.800. The number of unbranched alkanes of at least 4 members (excludes halogenated alkanes) is 3. The van der Waals surface area contributed by atoms with Crippen molar-refractivity contribution >= 4 is 51.4 Å². The van der Waals surface area contributed by atoms with Crippen LogP contribution in [0.3, 0.4) is 0 Å². The van der Waals surface area contributed by atoms with Crippen molar-refractivity contribution in [1.29, 1.82) is 0 Å². The van der Waals surface area contributed by atoms with Gasteiger partial charge in [-0.25, -0.2) is 0 Å². The van der Waals surface area contributed by atoms with Crippen LogP contribution in [0.15, 0.2) is 12.4 Å². The quantitative estimate of drug-likeness (QED) is 0.501. The van der Waals surface area contributed by atoms with E-state index in [-0.39, 0.29) is 51.4 Å². The zero-order valence-corrected chi connectivity index (χ0v) is 12.4. The summed E-state index contributed by atoms with van der Waals surface area (Å²) in [6, 6.07) is 0. The SMILES string of the molecule is CCCCCCN1C=CN(C)C1.[K]. The van der Waals surface area contributed by atoms with E-state index < -0.39 is 0 Å². The molecule has 0 bridgehead atoms. The van der Waals surface area contributed by atoms with Crippen molar-refractivity contribution < 1.29 is 0 Å². The van der Waals surface area contributed by atoms with Gasteiger partial charge in [0.15, 0.2) is 0 Å². The summed E-state index contributed by atoms with van der Waals surface area (Å²) in [6.07, 6.45) is 9.76. The predicted octanol–water partition coefficient (Wildman–Crippen LogP) is 1.86. The second-order valence-corrected chi connectivity index (χ2v) is 3.57. The molecule has 0 N–H and O–H groups in total. The molecule has 0 atom stereocenters. The Hall–Kier alpha value is 0.976. The Balaban J connectivity index is 0.00000144. The molecule has 0 fully saturated rings. The molecule has 1 radical (unpaired) electrons. The maximum Gasteiger partial charge on any atom is 0.0890 e. The normalized spacial score (nSPS) is 14.9. The van der Waals surface area contributed by atoms with Gasteiger partial charge >= 0.3 is 0 Å². The maximum atomic E-state index is 2.37. The molecule has 1 heterocycles. The Morgan fingerprint density at radius 2 is 1.92 bits per heavy atom.